The summed E-state index contributed by atoms with van der Waals surface area (Å²) in [7, 11) is 1.64. The highest BCUT2D eigenvalue weighted by Crippen LogP contribution is 2.29. The number of hydrogen-bond donors (Lipinski definition) is 1. The van der Waals surface area contributed by atoms with Crippen molar-refractivity contribution < 1.29 is 9.84 Å². The number of hydrogen-bond acceptors (Lipinski definition) is 6. The van der Waals surface area contributed by atoms with Crippen LogP contribution in [0.5, 0.6) is 5.75 Å². The van der Waals surface area contributed by atoms with E-state index in [1.54, 1.807) is 24.2 Å². The van der Waals surface area contributed by atoms with E-state index in [0.29, 0.717) is 12.4 Å². The maximum Gasteiger partial charge on any atom is 0.163 e. The number of benzene rings is 1. The molecule has 7 nitrogen and oxygen atoms in total. The van der Waals surface area contributed by atoms with Gasteiger partial charge in [-0.05, 0) is 30.7 Å². The Morgan fingerprint density at radius 3 is 2.88 bits per heavy atom. The molecule has 4 rings (SSSR count). The van der Waals surface area contributed by atoms with E-state index >= 15 is 0 Å². The zero-order chi connectivity index (χ0) is 17.2. The van der Waals surface area contributed by atoms with Crippen molar-refractivity contribution in [2.45, 2.75) is 12.5 Å². The fraction of sp³-hybridized carbons (Fsp3) is 0.278. The van der Waals surface area contributed by atoms with Gasteiger partial charge in [0.05, 0.1) is 18.9 Å². The Morgan fingerprint density at radius 2 is 2.16 bits per heavy atom. The summed E-state index contributed by atoms with van der Waals surface area (Å²) in [5, 5.41) is 14.1. The summed E-state index contributed by atoms with van der Waals surface area (Å²) in [6, 6.07) is 9.48. The van der Waals surface area contributed by atoms with Crippen molar-refractivity contribution >= 4 is 5.82 Å². The number of anilines is 1. The third-order valence-electron chi connectivity index (χ3n) is 4.33. The lowest BCUT2D eigenvalue weighted by Crippen LogP contribution is -2.22. The van der Waals surface area contributed by atoms with Gasteiger partial charge in [-0.2, -0.15) is 5.10 Å². The molecule has 0 bridgehead atoms. The predicted molar refractivity (Wildman–Crippen MR) is 94.0 cm³/mol. The molecule has 1 aliphatic rings. The van der Waals surface area contributed by atoms with Gasteiger partial charge in [0.2, 0.25) is 0 Å². The summed E-state index contributed by atoms with van der Waals surface area (Å²) in [6.45, 7) is 1.40. The van der Waals surface area contributed by atoms with E-state index in [4.69, 9.17) is 9.72 Å². The first-order valence-electron chi connectivity index (χ1n) is 8.19. The molecule has 0 saturated carbocycles. The van der Waals surface area contributed by atoms with Crippen LogP contribution in [0.25, 0.3) is 17.1 Å². The van der Waals surface area contributed by atoms with Crippen LogP contribution in [-0.2, 0) is 0 Å². The second-order valence-electron chi connectivity index (χ2n) is 5.96. The molecular weight excluding hydrogens is 318 g/mol. The second kappa shape index (κ2) is 6.52. The molecule has 0 amide bonds. The molecule has 0 radical (unpaired) electrons. The number of methoxy groups -OCH3 is 1. The quantitative estimate of drug-likeness (QED) is 0.784. The van der Waals surface area contributed by atoms with Gasteiger partial charge < -0.3 is 14.7 Å². The van der Waals surface area contributed by atoms with Crippen molar-refractivity contribution in [2.24, 2.45) is 0 Å². The summed E-state index contributed by atoms with van der Waals surface area (Å²) in [6.07, 6.45) is 5.82. The second-order valence-corrected chi connectivity index (χ2v) is 5.96. The zero-order valence-corrected chi connectivity index (χ0v) is 13.9. The van der Waals surface area contributed by atoms with Crippen molar-refractivity contribution in [1.29, 1.82) is 0 Å². The van der Waals surface area contributed by atoms with E-state index in [1.165, 1.54) is 0 Å². The van der Waals surface area contributed by atoms with Crippen molar-refractivity contribution in [2.75, 3.05) is 25.1 Å². The van der Waals surface area contributed by atoms with Gasteiger partial charge >= 0.3 is 0 Å². The molecular formula is C18H19N5O2. The minimum atomic E-state index is -0.293. The first kappa shape index (κ1) is 15.6. The monoisotopic (exact) mass is 337 g/mol. The number of nitrogens with zero attached hydrogens (tertiary/aromatic N) is 5. The van der Waals surface area contributed by atoms with Crippen LogP contribution in [0.15, 0.2) is 48.9 Å². The topological polar surface area (TPSA) is 76.3 Å². The van der Waals surface area contributed by atoms with Gasteiger partial charge in [0, 0.05) is 43.3 Å². The maximum atomic E-state index is 9.76. The molecule has 3 heterocycles. The van der Waals surface area contributed by atoms with E-state index in [2.05, 4.69) is 15.0 Å². The molecule has 128 valence electrons. The third-order valence-corrected chi connectivity index (χ3v) is 4.33. The molecule has 1 saturated heterocycles. The lowest BCUT2D eigenvalue weighted by Gasteiger charge is -2.17. The summed E-state index contributed by atoms with van der Waals surface area (Å²) in [4.78, 5) is 11.2. The molecule has 1 fully saturated rings. The van der Waals surface area contributed by atoms with Crippen molar-refractivity contribution in [3.8, 4) is 22.8 Å². The van der Waals surface area contributed by atoms with Crippen molar-refractivity contribution in [1.82, 2.24) is 19.7 Å². The smallest absolute Gasteiger partial charge is 0.163 e. The van der Waals surface area contributed by atoms with Gasteiger partial charge in [-0.1, -0.05) is 0 Å². The van der Waals surface area contributed by atoms with Crippen LogP contribution < -0.4 is 9.64 Å². The first-order valence-corrected chi connectivity index (χ1v) is 8.19. The molecule has 7 heteroatoms. The van der Waals surface area contributed by atoms with Crippen LogP contribution in [0.3, 0.4) is 0 Å². The standard InChI is InChI=1S/C18H19N5O2/c1-25-14-3-4-15(16(11-14)23-9-2-7-20-23)18-19-8-5-17(21-18)22-10-6-13(24)12-22/h2-5,7-9,11,13,24H,6,10,12H2,1H3. The fourth-order valence-corrected chi connectivity index (χ4v) is 3.03. The highest BCUT2D eigenvalue weighted by molar-refractivity contribution is 5.69. The van der Waals surface area contributed by atoms with Gasteiger partial charge in [0.25, 0.3) is 0 Å². The predicted octanol–water partition coefficient (Wildman–Crippen LogP) is 1.91. The maximum absolute atomic E-state index is 9.76. The van der Waals surface area contributed by atoms with Crippen LogP contribution in [0, 0.1) is 0 Å². The van der Waals surface area contributed by atoms with Gasteiger partial charge in [0.1, 0.15) is 11.6 Å². The van der Waals surface area contributed by atoms with E-state index in [-0.39, 0.29) is 6.10 Å². The SMILES string of the molecule is COc1ccc(-c2nccc(N3CCC(O)C3)n2)c(-n2cccn2)c1. The number of rotatable bonds is 4. The summed E-state index contributed by atoms with van der Waals surface area (Å²) >= 11 is 0. The molecule has 1 aliphatic heterocycles. The Morgan fingerprint density at radius 1 is 1.24 bits per heavy atom. The van der Waals surface area contributed by atoms with Gasteiger partial charge in [-0.3, -0.25) is 0 Å². The number of aliphatic hydroxyl groups is 1. The van der Waals surface area contributed by atoms with E-state index in [1.807, 2.05) is 36.5 Å². The fourth-order valence-electron chi connectivity index (χ4n) is 3.03. The Labute approximate surface area is 145 Å². The average molecular weight is 337 g/mol. The third kappa shape index (κ3) is 3.06. The molecule has 2 aromatic heterocycles. The number of aliphatic hydroxyl groups excluding tert-OH is 1. The van der Waals surface area contributed by atoms with Gasteiger partial charge in [-0.25, -0.2) is 14.6 Å². The zero-order valence-electron chi connectivity index (χ0n) is 13.9. The van der Waals surface area contributed by atoms with E-state index in [9.17, 15) is 5.11 Å². The Bertz CT molecular complexity index is 866. The van der Waals surface area contributed by atoms with Crippen LogP contribution >= 0.6 is 0 Å². The van der Waals surface area contributed by atoms with Gasteiger partial charge in [-0.15, -0.1) is 0 Å². The van der Waals surface area contributed by atoms with Crippen LogP contribution in [0.4, 0.5) is 5.82 Å². The van der Waals surface area contributed by atoms with Crippen molar-refractivity contribution in [3.63, 3.8) is 0 Å². The highest BCUT2D eigenvalue weighted by atomic mass is 16.5. The number of β-amino-alcohol motifs (C(OH)–C–C–N with tert-alkyl or cyclic N) is 1. The lowest BCUT2D eigenvalue weighted by atomic mass is 10.1. The average Bonchev–Trinajstić information content (AvgIpc) is 3.33. The minimum Gasteiger partial charge on any atom is -0.497 e. The van der Waals surface area contributed by atoms with E-state index in [0.717, 1.165) is 35.8 Å². The number of aromatic nitrogens is 4. The largest absolute Gasteiger partial charge is 0.497 e. The molecule has 0 spiro atoms. The first-order chi connectivity index (χ1) is 12.2. The number of ether oxygens (including phenoxy) is 1. The summed E-state index contributed by atoms with van der Waals surface area (Å²) in [5.74, 6) is 2.18. The Hall–Kier alpha value is -2.93. The van der Waals surface area contributed by atoms with Gasteiger partial charge in [0.15, 0.2) is 5.82 Å². The van der Waals surface area contributed by atoms with E-state index < -0.39 is 0 Å². The Kier molecular flexibility index (Phi) is 4.07. The molecule has 1 unspecified atom stereocenters. The van der Waals surface area contributed by atoms with Crippen LogP contribution in [0.2, 0.25) is 0 Å². The lowest BCUT2D eigenvalue weighted by molar-refractivity contribution is 0.198. The highest BCUT2D eigenvalue weighted by Gasteiger charge is 2.22. The molecule has 25 heavy (non-hydrogen) atoms. The molecule has 0 aliphatic carbocycles. The normalized spacial score (nSPS) is 17.0. The minimum absolute atomic E-state index is 0.293. The molecule has 3 aromatic rings. The molecule has 1 aromatic carbocycles. The summed E-state index contributed by atoms with van der Waals surface area (Å²) < 4.78 is 7.11. The molecule has 1 atom stereocenters. The van der Waals surface area contributed by atoms with Crippen LogP contribution in [0.1, 0.15) is 6.42 Å². The molecule has 1 N–H and O–H groups in total. The summed E-state index contributed by atoms with van der Waals surface area (Å²) in [5.41, 5.74) is 1.72. The Balaban J connectivity index is 1.77. The van der Waals surface area contributed by atoms with Crippen LogP contribution in [-0.4, -0.2) is 51.2 Å². The van der Waals surface area contributed by atoms with Crippen molar-refractivity contribution in [3.05, 3.63) is 48.9 Å².